The Morgan fingerprint density at radius 3 is 2.51 bits per heavy atom. The number of ether oxygens (including phenoxy) is 1. The van der Waals surface area contributed by atoms with Crippen molar-refractivity contribution in [1.29, 1.82) is 0 Å². The third-order valence-corrected chi connectivity index (χ3v) is 6.89. The molecule has 3 aromatic heterocycles. The number of para-hydroxylation sites is 1. The lowest BCUT2D eigenvalue weighted by molar-refractivity contribution is 0.00713. The summed E-state index contributed by atoms with van der Waals surface area (Å²) < 4.78 is 8.44. The van der Waals surface area contributed by atoms with Crippen LogP contribution >= 0.6 is 11.3 Å². The van der Waals surface area contributed by atoms with Crippen molar-refractivity contribution in [2.75, 3.05) is 0 Å². The van der Waals surface area contributed by atoms with Crippen LogP contribution in [0.15, 0.2) is 39.9 Å². The van der Waals surface area contributed by atoms with Gasteiger partial charge in [0.15, 0.2) is 0 Å². The van der Waals surface area contributed by atoms with Crippen LogP contribution in [0, 0.1) is 12.8 Å². The van der Waals surface area contributed by atoms with Crippen LogP contribution in [0.3, 0.4) is 0 Å². The molecule has 0 aliphatic rings. The summed E-state index contributed by atoms with van der Waals surface area (Å²) in [6.07, 6.45) is 0.414. The van der Waals surface area contributed by atoms with Crippen LogP contribution in [0.2, 0.25) is 0 Å². The van der Waals surface area contributed by atoms with E-state index < -0.39 is 17.1 Å². The van der Waals surface area contributed by atoms with E-state index >= 15 is 0 Å². The maximum Gasteiger partial charge on any atom is 0.340 e. The summed E-state index contributed by atoms with van der Waals surface area (Å²) in [6, 6.07) is 9.87. The number of rotatable bonds is 5. The number of aromatic nitrogens is 3. The number of benzene rings is 1. The molecule has 4 aromatic rings. The second kappa shape index (κ2) is 9.07. The van der Waals surface area contributed by atoms with Crippen molar-refractivity contribution in [3.8, 4) is 0 Å². The molecule has 0 aliphatic heterocycles. The predicted octanol–water partition coefficient (Wildman–Crippen LogP) is 4.82. The highest BCUT2D eigenvalue weighted by Crippen LogP contribution is 2.34. The molecule has 7 nitrogen and oxygen atoms in total. The van der Waals surface area contributed by atoms with Gasteiger partial charge in [-0.3, -0.25) is 18.9 Å². The van der Waals surface area contributed by atoms with E-state index in [0.717, 1.165) is 26.7 Å². The molecule has 0 saturated carbocycles. The van der Waals surface area contributed by atoms with E-state index in [2.05, 4.69) is 4.98 Å². The van der Waals surface area contributed by atoms with Crippen molar-refractivity contribution >= 4 is 38.4 Å². The number of thiophene rings is 1. The highest BCUT2D eigenvalue weighted by atomic mass is 32.1. The molecule has 184 valence electrons. The molecule has 0 fully saturated rings. The molecule has 0 bridgehead atoms. The molecule has 35 heavy (non-hydrogen) atoms. The summed E-state index contributed by atoms with van der Waals surface area (Å²) in [4.78, 5) is 45.7. The standard InChI is InChI=1S/C27H31N3O4S/c1-15(2)14-30-24-22(23(31)29(7)26(30)33)21(25(32)34-27(4,5)6)20(35-24)13-17-12-16(3)28-19-11-9-8-10-18(17)19/h8-12,15H,13-14H2,1-7H3. The van der Waals surface area contributed by atoms with E-state index in [1.165, 1.54) is 18.4 Å². The molecule has 0 saturated heterocycles. The summed E-state index contributed by atoms with van der Waals surface area (Å²) in [6.45, 7) is 11.8. The fraction of sp³-hybridized carbons (Fsp3) is 0.407. The first-order valence-electron chi connectivity index (χ1n) is 11.7. The largest absolute Gasteiger partial charge is 0.456 e. The van der Waals surface area contributed by atoms with Gasteiger partial charge in [0, 0.05) is 36.0 Å². The zero-order valence-electron chi connectivity index (χ0n) is 21.3. The van der Waals surface area contributed by atoms with Crippen LogP contribution in [0.5, 0.6) is 0 Å². The molecule has 0 spiro atoms. The fourth-order valence-electron chi connectivity index (χ4n) is 4.29. The Balaban J connectivity index is 2.04. The van der Waals surface area contributed by atoms with E-state index in [0.29, 0.717) is 22.7 Å². The first kappa shape index (κ1) is 24.9. The zero-order valence-corrected chi connectivity index (χ0v) is 22.1. The first-order chi connectivity index (χ1) is 16.4. The topological polar surface area (TPSA) is 83.2 Å². The molecule has 1 aromatic carbocycles. The Labute approximate surface area is 208 Å². The molecule has 4 rings (SSSR count). The van der Waals surface area contributed by atoms with Crippen molar-refractivity contribution in [2.45, 2.75) is 60.1 Å². The SMILES string of the molecule is Cc1cc(Cc2sc3c(c2C(=O)OC(C)(C)C)c(=O)n(C)c(=O)n3CC(C)C)c2ccccc2n1. The number of hydrogen-bond donors (Lipinski definition) is 0. The molecule has 0 unspecified atom stereocenters. The molecule has 8 heteroatoms. The van der Waals surface area contributed by atoms with Gasteiger partial charge in [0.25, 0.3) is 5.56 Å². The Hall–Kier alpha value is -3.26. The van der Waals surface area contributed by atoms with Crippen LogP contribution in [0.1, 0.15) is 61.1 Å². The highest BCUT2D eigenvalue weighted by molar-refractivity contribution is 7.19. The number of hydrogen-bond acceptors (Lipinski definition) is 6. The van der Waals surface area contributed by atoms with Crippen molar-refractivity contribution < 1.29 is 9.53 Å². The van der Waals surface area contributed by atoms with Gasteiger partial charge in [0.1, 0.15) is 10.4 Å². The van der Waals surface area contributed by atoms with Crippen LogP contribution in [0.25, 0.3) is 21.1 Å². The monoisotopic (exact) mass is 493 g/mol. The van der Waals surface area contributed by atoms with Gasteiger partial charge in [-0.05, 0) is 51.3 Å². The number of esters is 1. The molecule has 0 radical (unpaired) electrons. The van der Waals surface area contributed by atoms with Gasteiger partial charge in [-0.25, -0.2) is 9.59 Å². The van der Waals surface area contributed by atoms with Crippen LogP contribution in [0.4, 0.5) is 0 Å². The highest BCUT2D eigenvalue weighted by Gasteiger charge is 2.29. The number of aryl methyl sites for hydroxylation is 1. The predicted molar refractivity (Wildman–Crippen MR) is 141 cm³/mol. The Morgan fingerprint density at radius 1 is 1.17 bits per heavy atom. The Morgan fingerprint density at radius 2 is 1.86 bits per heavy atom. The van der Waals surface area contributed by atoms with Crippen LogP contribution < -0.4 is 11.2 Å². The number of pyridine rings is 1. The molecule has 0 aliphatic carbocycles. The maximum absolute atomic E-state index is 13.5. The van der Waals surface area contributed by atoms with E-state index in [4.69, 9.17) is 4.74 Å². The van der Waals surface area contributed by atoms with E-state index in [1.54, 1.807) is 25.3 Å². The summed E-state index contributed by atoms with van der Waals surface area (Å²) >= 11 is 1.32. The van der Waals surface area contributed by atoms with Crippen molar-refractivity contribution in [1.82, 2.24) is 14.1 Å². The fourth-order valence-corrected chi connectivity index (χ4v) is 5.59. The lowest BCUT2D eigenvalue weighted by Gasteiger charge is -2.20. The molecule has 0 amide bonds. The number of carbonyl (C=O) groups excluding carboxylic acids is 1. The number of carbonyl (C=O) groups is 1. The van der Waals surface area contributed by atoms with E-state index in [1.807, 2.05) is 51.1 Å². The molecule has 3 heterocycles. The van der Waals surface area contributed by atoms with Gasteiger partial charge in [0.05, 0.1) is 16.5 Å². The molecule has 0 atom stereocenters. The van der Waals surface area contributed by atoms with Gasteiger partial charge >= 0.3 is 11.7 Å². The minimum Gasteiger partial charge on any atom is -0.456 e. The Kier molecular flexibility index (Phi) is 6.44. The van der Waals surface area contributed by atoms with Crippen LogP contribution in [-0.4, -0.2) is 25.7 Å². The quantitative estimate of drug-likeness (QED) is 0.372. The average molecular weight is 494 g/mol. The van der Waals surface area contributed by atoms with Gasteiger partial charge < -0.3 is 4.74 Å². The van der Waals surface area contributed by atoms with Crippen LogP contribution in [-0.2, 0) is 24.8 Å². The first-order valence-corrected chi connectivity index (χ1v) is 12.5. The summed E-state index contributed by atoms with van der Waals surface area (Å²) in [5.74, 6) is -0.378. The van der Waals surface area contributed by atoms with Crippen molar-refractivity contribution in [2.24, 2.45) is 13.0 Å². The normalized spacial score (nSPS) is 12.1. The second-order valence-corrected chi connectivity index (χ2v) is 11.4. The third-order valence-electron chi connectivity index (χ3n) is 5.68. The number of nitrogens with zero attached hydrogens (tertiary/aromatic N) is 3. The van der Waals surface area contributed by atoms with Gasteiger partial charge in [0.2, 0.25) is 0 Å². The smallest absolute Gasteiger partial charge is 0.340 e. The molecule has 0 N–H and O–H groups in total. The van der Waals surface area contributed by atoms with E-state index in [9.17, 15) is 14.4 Å². The van der Waals surface area contributed by atoms with E-state index in [-0.39, 0.29) is 22.6 Å². The summed E-state index contributed by atoms with van der Waals surface area (Å²) in [5.41, 5.74) is 1.38. The molecular weight excluding hydrogens is 462 g/mol. The molecular formula is C27H31N3O4S. The lowest BCUT2D eigenvalue weighted by atomic mass is 10.0. The zero-order chi connectivity index (χ0) is 25.7. The van der Waals surface area contributed by atoms with Gasteiger partial charge in [-0.15, -0.1) is 11.3 Å². The summed E-state index contributed by atoms with van der Waals surface area (Å²) in [7, 11) is 1.46. The summed E-state index contributed by atoms with van der Waals surface area (Å²) in [5, 5.41) is 1.23. The van der Waals surface area contributed by atoms with Crippen molar-refractivity contribution in [3.63, 3.8) is 0 Å². The van der Waals surface area contributed by atoms with Gasteiger partial charge in [-0.1, -0.05) is 32.0 Å². The average Bonchev–Trinajstić information content (AvgIpc) is 3.13. The minimum atomic E-state index is -0.736. The third kappa shape index (κ3) is 4.80. The second-order valence-electron chi connectivity index (χ2n) is 10.4. The Bertz CT molecular complexity index is 1570. The number of fused-ring (bicyclic) bond motifs is 2. The van der Waals surface area contributed by atoms with Gasteiger partial charge in [-0.2, -0.15) is 0 Å². The lowest BCUT2D eigenvalue weighted by Crippen LogP contribution is -2.39. The maximum atomic E-state index is 13.5. The minimum absolute atomic E-state index is 0.177. The van der Waals surface area contributed by atoms with Crippen molar-refractivity contribution in [3.05, 3.63) is 72.9 Å².